The Balaban J connectivity index is 2.34. The quantitative estimate of drug-likeness (QED) is 0.708. The summed E-state index contributed by atoms with van der Waals surface area (Å²) in [5.74, 6) is 1.32. The van der Waals surface area contributed by atoms with Crippen LogP contribution in [0.4, 0.5) is 0 Å². The lowest BCUT2D eigenvalue weighted by Gasteiger charge is -2.17. The molecule has 6 nitrogen and oxygen atoms in total. The number of aromatic hydroxyl groups is 2. The van der Waals surface area contributed by atoms with Gasteiger partial charge < -0.3 is 29.5 Å². The van der Waals surface area contributed by atoms with Crippen LogP contribution in [-0.4, -0.2) is 36.6 Å². The van der Waals surface area contributed by atoms with Crippen molar-refractivity contribution >= 4 is 0 Å². The van der Waals surface area contributed by atoms with Crippen LogP contribution in [0.15, 0.2) is 30.3 Å². The molecule has 1 unspecified atom stereocenters. The highest BCUT2D eigenvalue weighted by Gasteiger charge is 2.18. The first-order chi connectivity index (χ1) is 11.0. The van der Waals surface area contributed by atoms with Crippen molar-refractivity contribution in [3.05, 3.63) is 41.5 Å². The Hall–Kier alpha value is -2.60. The molecule has 0 heterocycles. The van der Waals surface area contributed by atoms with E-state index in [1.54, 1.807) is 12.1 Å². The lowest BCUT2D eigenvalue weighted by atomic mass is 9.99. The number of phenolic OH excluding ortho intramolecular Hbond substituents is 2. The van der Waals surface area contributed by atoms with Gasteiger partial charge in [-0.05, 0) is 35.9 Å². The van der Waals surface area contributed by atoms with Gasteiger partial charge in [0.15, 0.2) is 11.5 Å². The number of ether oxygens (including phenoxy) is 3. The molecule has 0 saturated carbocycles. The van der Waals surface area contributed by atoms with Gasteiger partial charge in [-0.2, -0.15) is 0 Å². The van der Waals surface area contributed by atoms with Crippen molar-refractivity contribution in [2.75, 3.05) is 21.3 Å². The summed E-state index contributed by atoms with van der Waals surface area (Å²) >= 11 is 0. The molecule has 0 aromatic heterocycles. The molecule has 6 heteroatoms. The molecule has 124 valence electrons. The van der Waals surface area contributed by atoms with E-state index in [1.165, 1.54) is 39.5 Å². The normalized spacial score (nSPS) is 11.8. The van der Waals surface area contributed by atoms with E-state index in [0.29, 0.717) is 17.2 Å². The molecule has 0 fully saturated rings. The Morgan fingerprint density at radius 1 is 0.913 bits per heavy atom. The number of hydrogen-bond donors (Lipinski definition) is 3. The molecule has 2 aromatic rings. The number of aliphatic hydroxyl groups excluding tert-OH is 1. The first-order valence-corrected chi connectivity index (χ1v) is 6.99. The number of benzene rings is 2. The second-order valence-corrected chi connectivity index (χ2v) is 5.00. The minimum Gasteiger partial charge on any atom is -0.508 e. The van der Waals surface area contributed by atoms with Gasteiger partial charge in [0, 0.05) is 12.0 Å². The molecule has 0 aliphatic heterocycles. The molecule has 2 aromatic carbocycles. The van der Waals surface area contributed by atoms with E-state index < -0.39 is 6.10 Å². The van der Waals surface area contributed by atoms with Crippen LogP contribution in [-0.2, 0) is 6.42 Å². The van der Waals surface area contributed by atoms with Crippen molar-refractivity contribution in [2.45, 2.75) is 12.5 Å². The van der Waals surface area contributed by atoms with Crippen molar-refractivity contribution in [3.63, 3.8) is 0 Å². The summed E-state index contributed by atoms with van der Waals surface area (Å²) in [4.78, 5) is 0. The van der Waals surface area contributed by atoms with E-state index in [0.717, 1.165) is 5.56 Å². The molecular weight excluding hydrogens is 300 g/mol. The van der Waals surface area contributed by atoms with Gasteiger partial charge in [-0.25, -0.2) is 0 Å². The molecule has 0 amide bonds. The van der Waals surface area contributed by atoms with E-state index in [2.05, 4.69) is 0 Å². The van der Waals surface area contributed by atoms with E-state index in [4.69, 9.17) is 14.2 Å². The number of methoxy groups -OCH3 is 3. The van der Waals surface area contributed by atoms with Crippen molar-refractivity contribution in [1.82, 2.24) is 0 Å². The Kier molecular flexibility index (Phi) is 5.18. The second-order valence-electron chi connectivity index (χ2n) is 5.00. The van der Waals surface area contributed by atoms with E-state index in [1.807, 2.05) is 0 Å². The summed E-state index contributed by atoms with van der Waals surface area (Å²) in [7, 11) is 4.54. The lowest BCUT2D eigenvalue weighted by molar-refractivity contribution is 0.174. The van der Waals surface area contributed by atoms with Crippen molar-refractivity contribution in [2.24, 2.45) is 0 Å². The average molecular weight is 320 g/mol. The number of phenols is 2. The molecule has 0 bridgehead atoms. The standard InChI is InChI=1S/C17H20O6/c1-21-15-7-10(8-16(22-2)17(15)23-3)6-14(20)12-9-11(18)4-5-13(12)19/h4-5,7-9,14,18-20H,6H2,1-3H3. The average Bonchev–Trinajstić information content (AvgIpc) is 2.55. The summed E-state index contributed by atoms with van der Waals surface area (Å²) in [5, 5.41) is 29.7. The Labute approximate surface area is 134 Å². The van der Waals surface area contributed by atoms with Crippen LogP contribution in [0.3, 0.4) is 0 Å². The molecule has 23 heavy (non-hydrogen) atoms. The van der Waals surface area contributed by atoms with Crippen LogP contribution in [0.5, 0.6) is 28.7 Å². The molecule has 0 radical (unpaired) electrons. The number of rotatable bonds is 6. The molecular formula is C17H20O6. The predicted octanol–water partition coefficient (Wildman–Crippen LogP) is 2.40. The van der Waals surface area contributed by atoms with Gasteiger partial charge in [0.2, 0.25) is 5.75 Å². The molecule has 0 saturated heterocycles. The smallest absolute Gasteiger partial charge is 0.203 e. The van der Waals surface area contributed by atoms with Crippen LogP contribution in [0.1, 0.15) is 17.2 Å². The zero-order valence-corrected chi connectivity index (χ0v) is 13.2. The highest BCUT2D eigenvalue weighted by molar-refractivity contribution is 5.54. The molecule has 1 atom stereocenters. The first-order valence-electron chi connectivity index (χ1n) is 6.99. The van der Waals surface area contributed by atoms with Gasteiger partial charge in [0.25, 0.3) is 0 Å². The van der Waals surface area contributed by atoms with E-state index >= 15 is 0 Å². The fourth-order valence-corrected chi connectivity index (χ4v) is 2.40. The molecule has 0 aliphatic carbocycles. The summed E-state index contributed by atoms with van der Waals surface area (Å²) in [5.41, 5.74) is 0.980. The zero-order chi connectivity index (χ0) is 17.0. The van der Waals surface area contributed by atoms with E-state index in [9.17, 15) is 15.3 Å². The molecule has 0 aliphatic rings. The van der Waals surface area contributed by atoms with Gasteiger partial charge in [0.05, 0.1) is 27.4 Å². The third-order valence-corrected chi connectivity index (χ3v) is 3.52. The van der Waals surface area contributed by atoms with Gasteiger partial charge in [-0.15, -0.1) is 0 Å². The van der Waals surface area contributed by atoms with Crippen LogP contribution < -0.4 is 14.2 Å². The van der Waals surface area contributed by atoms with Crippen LogP contribution in [0, 0.1) is 0 Å². The highest BCUT2D eigenvalue weighted by Crippen LogP contribution is 2.39. The Morgan fingerprint density at radius 2 is 1.52 bits per heavy atom. The first kappa shape index (κ1) is 16.8. The minimum absolute atomic E-state index is 0.0262. The fraction of sp³-hybridized carbons (Fsp3) is 0.294. The van der Waals surface area contributed by atoms with Gasteiger partial charge in [-0.3, -0.25) is 0 Å². The number of hydrogen-bond acceptors (Lipinski definition) is 6. The Morgan fingerprint density at radius 3 is 2.04 bits per heavy atom. The zero-order valence-electron chi connectivity index (χ0n) is 13.2. The minimum atomic E-state index is -0.995. The predicted molar refractivity (Wildman–Crippen MR) is 84.5 cm³/mol. The summed E-state index contributed by atoms with van der Waals surface area (Å²) in [6.45, 7) is 0. The second kappa shape index (κ2) is 7.11. The third-order valence-electron chi connectivity index (χ3n) is 3.52. The largest absolute Gasteiger partial charge is 0.508 e. The Bertz CT molecular complexity index is 658. The lowest BCUT2D eigenvalue weighted by Crippen LogP contribution is -2.04. The summed E-state index contributed by atoms with van der Waals surface area (Å²) in [6, 6.07) is 7.47. The topological polar surface area (TPSA) is 88.4 Å². The van der Waals surface area contributed by atoms with E-state index in [-0.39, 0.29) is 23.5 Å². The summed E-state index contributed by atoms with van der Waals surface area (Å²) in [6.07, 6.45) is -0.793. The van der Waals surface area contributed by atoms with Crippen LogP contribution in [0.25, 0.3) is 0 Å². The van der Waals surface area contributed by atoms with Gasteiger partial charge >= 0.3 is 0 Å². The SMILES string of the molecule is COc1cc(CC(O)c2cc(O)ccc2O)cc(OC)c1OC. The third kappa shape index (κ3) is 3.60. The van der Waals surface area contributed by atoms with Crippen molar-refractivity contribution < 1.29 is 29.5 Å². The van der Waals surface area contributed by atoms with Gasteiger partial charge in [0.1, 0.15) is 11.5 Å². The van der Waals surface area contributed by atoms with Crippen LogP contribution >= 0.6 is 0 Å². The molecule has 3 N–H and O–H groups in total. The number of aliphatic hydroxyl groups is 1. The summed E-state index contributed by atoms with van der Waals surface area (Å²) < 4.78 is 15.8. The molecule has 2 rings (SSSR count). The van der Waals surface area contributed by atoms with Gasteiger partial charge in [-0.1, -0.05) is 0 Å². The monoisotopic (exact) mass is 320 g/mol. The van der Waals surface area contributed by atoms with Crippen molar-refractivity contribution in [3.8, 4) is 28.7 Å². The van der Waals surface area contributed by atoms with Crippen LogP contribution in [0.2, 0.25) is 0 Å². The molecule has 0 spiro atoms. The maximum atomic E-state index is 10.3. The maximum absolute atomic E-state index is 10.3. The van der Waals surface area contributed by atoms with Crippen molar-refractivity contribution in [1.29, 1.82) is 0 Å². The fourth-order valence-electron chi connectivity index (χ4n) is 2.40. The highest BCUT2D eigenvalue weighted by atomic mass is 16.5. The maximum Gasteiger partial charge on any atom is 0.203 e.